The Morgan fingerprint density at radius 1 is 1.33 bits per heavy atom. The van der Waals surface area contributed by atoms with Gasteiger partial charge in [0.25, 0.3) is 0 Å². The lowest BCUT2D eigenvalue weighted by atomic mass is 10.1. The van der Waals surface area contributed by atoms with Crippen LogP contribution < -0.4 is 0 Å². The molecule has 1 aromatic heterocycles. The Bertz CT molecular complexity index is 561. The molecule has 6 heteroatoms. The summed E-state index contributed by atoms with van der Waals surface area (Å²) < 4.78 is 42.9. The standard InChI is InChI=1S/C12H10F3NO2/c1-7-11(18-10(6-17)16-7)8-3-2-4-9(5-8)12(13,14)15/h2-5,17H,6H2,1H3. The summed E-state index contributed by atoms with van der Waals surface area (Å²) in [5, 5.41) is 8.87. The fraction of sp³-hybridized carbons (Fsp3) is 0.250. The monoisotopic (exact) mass is 257 g/mol. The number of aliphatic hydroxyl groups is 1. The van der Waals surface area contributed by atoms with E-state index in [1.54, 1.807) is 6.92 Å². The molecule has 0 bridgehead atoms. The van der Waals surface area contributed by atoms with Crippen LogP contribution in [0.25, 0.3) is 11.3 Å². The topological polar surface area (TPSA) is 46.3 Å². The van der Waals surface area contributed by atoms with Crippen molar-refractivity contribution in [2.24, 2.45) is 0 Å². The summed E-state index contributed by atoms with van der Waals surface area (Å²) in [6.07, 6.45) is -4.40. The Hall–Kier alpha value is -1.82. The van der Waals surface area contributed by atoms with Crippen LogP contribution in [-0.2, 0) is 12.8 Å². The number of aromatic nitrogens is 1. The van der Waals surface area contributed by atoms with Gasteiger partial charge in [-0.1, -0.05) is 12.1 Å². The van der Waals surface area contributed by atoms with Crippen molar-refractivity contribution in [2.75, 3.05) is 0 Å². The minimum atomic E-state index is -4.40. The summed E-state index contributed by atoms with van der Waals surface area (Å²) in [7, 11) is 0. The third kappa shape index (κ3) is 2.38. The predicted octanol–water partition coefficient (Wildman–Crippen LogP) is 3.16. The quantitative estimate of drug-likeness (QED) is 0.898. The van der Waals surface area contributed by atoms with Gasteiger partial charge >= 0.3 is 6.18 Å². The lowest BCUT2D eigenvalue weighted by Gasteiger charge is -2.07. The molecule has 1 N–H and O–H groups in total. The van der Waals surface area contributed by atoms with Crippen molar-refractivity contribution in [1.82, 2.24) is 4.98 Å². The van der Waals surface area contributed by atoms with E-state index in [0.29, 0.717) is 5.69 Å². The largest absolute Gasteiger partial charge is 0.438 e. The van der Waals surface area contributed by atoms with E-state index in [4.69, 9.17) is 9.52 Å². The van der Waals surface area contributed by atoms with Gasteiger partial charge in [-0.15, -0.1) is 0 Å². The van der Waals surface area contributed by atoms with Crippen LogP contribution in [0.15, 0.2) is 28.7 Å². The van der Waals surface area contributed by atoms with Crippen LogP contribution in [0.1, 0.15) is 17.1 Å². The number of alkyl halides is 3. The third-order valence-electron chi connectivity index (χ3n) is 2.43. The highest BCUT2D eigenvalue weighted by atomic mass is 19.4. The molecule has 0 aliphatic carbocycles. The molecular formula is C12H10F3NO2. The van der Waals surface area contributed by atoms with E-state index in [1.807, 2.05) is 0 Å². The second-order valence-electron chi connectivity index (χ2n) is 3.76. The Labute approximate surface area is 101 Å². The van der Waals surface area contributed by atoms with Gasteiger partial charge in [-0.2, -0.15) is 13.2 Å². The molecule has 0 unspecified atom stereocenters. The molecule has 1 aromatic carbocycles. The first-order chi connectivity index (χ1) is 8.41. The zero-order valence-corrected chi connectivity index (χ0v) is 9.45. The first-order valence-corrected chi connectivity index (χ1v) is 5.16. The summed E-state index contributed by atoms with van der Waals surface area (Å²) in [5.74, 6) is 0.324. The average molecular weight is 257 g/mol. The van der Waals surface area contributed by atoms with Gasteiger partial charge in [0, 0.05) is 5.56 Å². The molecule has 2 rings (SSSR count). The molecule has 0 saturated carbocycles. The van der Waals surface area contributed by atoms with E-state index in [0.717, 1.165) is 12.1 Å². The molecule has 1 heterocycles. The molecule has 96 valence electrons. The maximum absolute atomic E-state index is 12.6. The molecule has 0 amide bonds. The van der Waals surface area contributed by atoms with Gasteiger partial charge in [0.15, 0.2) is 5.76 Å². The van der Waals surface area contributed by atoms with Crippen LogP contribution >= 0.6 is 0 Å². The van der Waals surface area contributed by atoms with E-state index in [1.165, 1.54) is 12.1 Å². The minimum Gasteiger partial charge on any atom is -0.438 e. The predicted molar refractivity (Wildman–Crippen MR) is 57.6 cm³/mol. The summed E-state index contributed by atoms with van der Waals surface area (Å²) >= 11 is 0. The molecule has 0 spiro atoms. The van der Waals surface area contributed by atoms with Gasteiger partial charge in [-0.3, -0.25) is 0 Å². The first-order valence-electron chi connectivity index (χ1n) is 5.16. The van der Waals surface area contributed by atoms with Crippen LogP contribution in [0, 0.1) is 6.92 Å². The van der Waals surface area contributed by atoms with Crippen LogP contribution in [0.2, 0.25) is 0 Å². The normalized spacial score (nSPS) is 11.8. The highest BCUT2D eigenvalue weighted by Gasteiger charge is 2.30. The lowest BCUT2D eigenvalue weighted by Crippen LogP contribution is -2.04. The zero-order valence-electron chi connectivity index (χ0n) is 9.45. The van der Waals surface area contributed by atoms with Gasteiger partial charge in [0.1, 0.15) is 6.61 Å². The van der Waals surface area contributed by atoms with Crippen molar-refractivity contribution >= 4 is 0 Å². The highest BCUT2D eigenvalue weighted by Crippen LogP contribution is 2.33. The Morgan fingerprint density at radius 2 is 2.06 bits per heavy atom. The second kappa shape index (κ2) is 4.45. The van der Waals surface area contributed by atoms with Crippen molar-refractivity contribution in [1.29, 1.82) is 0 Å². The molecule has 0 aliphatic heterocycles. The second-order valence-corrected chi connectivity index (χ2v) is 3.76. The highest BCUT2D eigenvalue weighted by molar-refractivity contribution is 5.60. The number of hydrogen-bond donors (Lipinski definition) is 1. The van der Waals surface area contributed by atoms with E-state index in [-0.39, 0.29) is 23.8 Å². The molecule has 2 aromatic rings. The van der Waals surface area contributed by atoms with E-state index < -0.39 is 11.7 Å². The number of rotatable bonds is 2. The lowest BCUT2D eigenvalue weighted by molar-refractivity contribution is -0.137. The van der Waals surface area contributed by atoms with Crippen LogP contribution in [-0.4, -0.2) is 10.1 Å². The molecule has 0 atom stereocenters. The van der Waals surface area contributed by atoms with E-state index in [9.17, 15) is 13.2 Å². The summed E-state index contributed by atoms with van der Waals surface area (Å²) in [4.78, 5) is 3.90. The van der Waals surface area contributed by atoms with Crippen molar-refractivity contribution in [3.63, 3.8) is 0 Å². The van der Waals surface area contributed by atoms with Gasteiger partial charge < -0.3 is 9.52 Å². The number of nitrogens with zero attached hydrogens (tertiary/aromatic N) is 1. The van der Waals surface area contributed by atoms with Crippen molar-refractivity contribution in [3.05, 3.63) is 41.4 Å². The number of aliphatic hydroxyl groups excluding tert-OH is 1. The van der Waals surface area contributed by atoms with Crippen LogP contribution in [0.5, 0.6) is 0 Å². The van der Waals surface area contributed by atoms with Crippen molar-refractivity contribution < 1.29 is 22.7 Å². The Balaban J connectivity index is 2.47. The number of hydrogen-bond acceptors (Lipinski definition) is 3. The van der Waals surface area contributed by atoms with Gasteiger partial charge in [0.05, 0.1) is 11.3 Å². The summed E-state index contributed by atoms with van der Waals surface area (Å²) in [5.41, 5.74) is -0.0192. The maximum atomic E-state index is 12.6. The van der Waals surface area contributed by atoms with Crippen molar-refractivity contribution in [3.8, 4) is 11.3 Å². The Kier molecular flexibility index (Phi) is 3.13. The molecule has 0 fully saturated rings. The molecule has 0 saturated heterocycles. The maximum Gasteiger partial charge on any atom is 0.416 e. The number of oxazole rings is 1. The van der Waals surface area contributed by atoms with Gasteiger partial charge in [0.2, 0.25) is 5.89 Å². The molecule has 3 nitrogen and oxygen atoms in total. The summed E-state index contributed by atoms with van der Waals surface area (Å²) in [6, 6.07) is 4.79. The number of aryl methyl sites for hydroxylation is 1. The number of benzene rings is 1. The SMILES string of the molecule is Cc1nc(CO)oc1-c1cccc(C(F)(F)F)c1. The summed E-state index contributed by atoms with van der Waals surface area (Å²) in [6.45, 7) is 1.22. The van der Waals surface area contributed by atoms with Gasteiger partial charge in [-0.05, 0) is 19.1 Å². The van der Waals surface area contributed by atoms with Crippen molar-refractivity contribution in [2.45, 2.75) is 19.7 Å². The number of halogens is 3. The smallest absolute Gasteiger partial charge is 0.416 e. The van der Waals surface area contributed by atoms with Gasteiger partial charge in [-0.25, -0.2) is 4.98 Å². The van der Waals surface area contributed by atoms with E-state index >= 15 is 0 Å². The van der Waals surface area contributed by atoms with E-state index in [2.05, 4.69) is 4.98 Å². The van der Waals surface area contributed by atoms with Crippen LogP contribution in [0.4, 0.5) is 13.2 Å². The Morgan fingerprint density at radius 3 is 2.61 bits per heavy atom. The van der Waals surface area contributed by atoms with Crippen LogP contribution in [0.3, 0.4) is 0 Å². The molecule has 0 aliphatic rings. The average Bonchev–Trinajstić information content (AvgIpc) is 2.70. The zero-order chi connectivity index (χ0) is 13.3. The molecule has 0 radical (unpaired) electrons. The minimum absolute atomic E-state index is 0.0833. The fourth-order valence-electron chi connectivity index (χ4n) is 1.62. The fourth-order valence-corrected chi connectivity index (χ4v) is 1.62. The third-order valence-corrected chi connectivity index (χ3v) is 2.43. The molecule has 18 heavy (non-hydrogen) atoms. The first kappa shape index (κ1) is 12.6. The molecular weight excluding hydrogens is 247 g/mol.